The molecule has 0 aliphatic rings. The van der Waals surface area contributed by atoms with Gasteiger partial charge < -0.3 is 9.73 Å². The molecule has 5 nitrogen and oxygen atoms in total. The Morgan fingerprint density at radius 2 is 2.11 bits per heavy atom. The molecule has 0 fully saturated rings. The molecule has 0 aliphatic heterocycles. The summed E-state index contributed by atoms with van der Waals surface area (Å²) in [5, 5.41) is 6.81. The Bertz CT molecular complexity index is 1000. The molecule has 1 N–H and O–H groups in total. The molecular formula is C19H15ClF3N3O2. The van der Waals surface area contributed by atoms with E-state index in [0.29, 0.717) is 5.76 Å². The molecule has 1 aromatic carbocycles. The fraction of sp³-hybridized carbons (Fsp3) is 0.158. The van der Waals surface area contributed by atoms with Crippen LogP contribution >= 0.6 is 11.6 Å². The lowest BCUT2D eigenvalue weighted by molar-refractivity contribution is -0.111. The van der Waals surface area contributed by atoms with Crippen LogP contribution < -0.4 is 5.32 Å². The van der Waals surface area contributed by atoms with Crippen molar-refractivity contribution in [3.05, 3.63) is 76.6 Å². The highest BCUT2D eigenvalue weighted by Gasteiger charge is 2.28. The number of hydrogen-bond acceptors (Lipinski definition) is 3. The largest absolute Gasteiger partial charge is 0.458 e. The first kappa shape index (κ1) is 19.8. The number of nitrogens with one attached hydrogen (secondary N) is 1. The molecule has 28 heavy (non-hydrogen) atoms. The van der Waals surface area contributed by atoms with Gasteiger partial charge in [0.15, 0.2) is 11.6 Å². The fourth-order valence-corrected chi connectivity index (χ4v) is 2.60. The van der Waals surface area contributed by atoms with E-state index < -0.39 is 23.4 Å². The van der Waals surface area contributed by atoms with Crippen LogP contribution in [0.1, 0.15) is 24.0 Å². The Hall–Kier alpha value is -3.00. The molecule has 0 saturated heterocycles. The zero-order valence-corrected chi connectivity index (χ0v) is 15.4. The van der Waals surface area contributed by atoms with Gasteiger partial charge in [-0.2, -0.15) is 13.9 Å². The molecule has 146 valence electrons. The molecule has 1 amide bonds. The van der Waals surface area contributed by atoms with Crippen LogP contribution in [-0.2, 0) is 17.3 Å². The lowest BCUT2D eigenvalue weighted by Crippen LogP contribution is -2.09. The number of alkyl halides is 2. The summed E-state index contributed by atoms with van der Waals surface area (Å²) in [5.74, 6) is -4.03. The minimum atomic E-state index is -3.06. The van der Waals surface area contributed by atoms with E-state index in [1.54, 1.807) is 6.20 Å². The number of furan rings is 1. The predicted molar refractivity (Wildman–Crippen MR) is 98.7 cm³/mol. The van der Waals surface area contributed by atoms with Crippen LogP contribution in [0.2, 0.25) is 5.02 Å². The van der Waals surface area contributed by atoms with E-state index in [4.69, 9.17) is 16.0 Å². The molecule has 0 bridgehead atoms. The molecule has 0 atom stereocenters. The summed E-state index contributed by atoms with van der Waals surface area (Å²) >= 11 is 5.89. The standard InChI is InChI=1S/C19H15ClF3N3O2/c1-19(22,23)16-7-5-12(28-16)11-26-10-9-17(25-26)24-18(27)8-6-13-14(20)3-2-4-15(13)21/h2-10H,11H2,1H3,(H,24,25,27)/b8-6+. The molecule has 9 heteroatoms. The fourth-order valence-electron chi connectivity index (χ4n) is 2.37. The third-order valence-electron chi connectivity index (χ3n) is 3.71. The van der Waals surface area contributed by atoms with Gasteiger partial charge in [0.25, 0.3) is 0 Å². The maximum atomic E-state index is 13.7. The Morgan fingerprint density at radius 1 is 1.32 bits per heavy atom. The first-order valence-corrected chi connectivity index (χ1v) is 8.54. The summed E-state index contributed by atoms with van der Waals surface area (Å²) < 4.78 is 46.6. The van der Waals surface area contributed by atoms with E-state index in [9.17, 15) is 18.0 Å². The van der Waals surface area contributed by atoms with E-state index >= 15 is 0 Å². The summed E-state index contributed by atoms with van der Waals surface area (Å²) in [6, 6.07) is 8.39. The summed E-state index contributed by atoms with van der Waals surface area (Å²) in [7, 11) is 0. The van der Waals surface area contributed by atoms with E-state index in [-0.39, 0.29) is 22.9 Å². The van der Waals surface area contributed by atoms with E-state index in [1.807, 2.05) is 0 Å². The number of amides is 1. The Kier molecular flexibility index (Phi) is 5.60. The molecule has 2 heterocycles. The normalized spacial score (nSPS) is 11.9. The Morgan fingerprint density at radius 3 is 2.79 bits per heavy atom. The molecule has 0 saturated carbocycles. The van der Waals surface area contributed by atoms with Crippen molar-refractivity contribution in [3.63, 3.8) is 0 Å². The number of carbonyl (C=O) groups is 1. The van der Waals surface area contributed by atoms with Gasteiger partial charge in [0, 0.05) is 30.8 Å². The monoisotopic (exact) mass is 409 g/mol. The van der Waals surface area contributed by atoms with Gasteiger partial charge in [-0.05, 0) is 30.3 Å². The van der Waals surface area contributed by atoms with Crippen LogP contribution in [0, 0.1) is 5.82 Å². The van der Waals surface area contributed by atoms with Crippen molar-refractivity contribution in [2.75, 3.05) is 5.32 Å². The molecule has 3 aromatic rings. The van der Waals surface area contributed by atoms with E-state index in [0.717, 1.165) is 13.0 Å². The number of halogens is 4. The number of benzene rings is 1. The highest BCUT2D eigenvalue weighted by atomic mass is 35.5. The van der Waals surface area contributed by atoms with Gasteiger partial charge in [0.05, 0.1) is 11.6 Å². The highest BCUT2D eigenvalue weighted by Crippen LogP contribution is 2.28. The second-order valence-electron chi connectivity index (χ2n) is 6.01. The number of anilines is 1. The SMILES string of the molecule is CC(F)(F)c1ccc(Cn2ccc(NC(=O)/C=C/c3c(F)cccc3Cl)n2)o1. The minimum absolute atomic E-state index is 0.103. The quantitative estimate of drug-likeness (QED) is 0.577. The van der Waals surface area contributed by atoms with Crippen LogP contribution in [0.25, 0.3) is 6.08 Å². The highest BCUT2D eigenvalue weighted by molar-refractivity contribution is 6.32. The van der Waals surface area contributed by atoms with Gasteiger partial charge in [-0.25, -0.2) is 4.39 Å². The van der Waals surface area contributed by atoms with Crippen molar-refractivity contribution in [3.8, 4) is 0 Å². The molecular weight excluding hydrogens is 395 g/mol. The van der Waals surface area contributed by atoms with Crippen molar-refractivity contribution >= 4 is 29.4 Å². The van der Waals surface area contributed by atoms with Crippen molar-refractivity contribution in [2.24, 2.45) is 0 Å². The third-order valence-corrected chi connectivity index (χ3v) is 4.03. The summed E-state index contributed by atoms with van der Waals surface area (Å²) in [6.07, 6.45) is 3.95. The lowest BCUT2D eigenvalue weighted by Gasteiger charge is -2.05. The van der Waals surface area contributed by atoms with E-state index in [2.05, 4.69) is 10.4 Å². The molecule has 0 unspecified atom stereocenters. The smallest absolute Gasteiger partial charge is 0.301 e. The molecule has 0 aliphatic carbocycles. The van der Waals surface area contributed by atoms with Gasteiger partial charge in [-0.3, -0.25) is 9.48 Å². The number of rotatable bonds is 6. The van der Waals surface area contributed by atoms with E-state index in [1.165, 1.54) is 47.2 Å². The van der Waals surface area contributed by atoms with Crippen molar-refractivity contribution in [1.82, 2.24) is 9.78 Å². The van der Waals surface area contributed by atoms with Crippen molar-refractivity contribution in [2.45, 2.75) is 19.4 Å². The molecule has 2 aromatic heterocycles. The zero-order valence-electron chi connectivity index (χ0n) is 14.6. The van der Waals surface area contributed by atoms with Crippen molar-refractivity contribution in [1.29, 1.82) is 0 Å². The lowest BCUT2D eigenvalue weighted by atomic mass is 10.2. The van der Waals surface area contributed by atoms with Crippen molar-refractivity contribution < 1.29 is 22.4 Å². The van der Waals surface area contributed by atoms with Gasteiger partial charge in [-0.1, -0.05) is 17.7 Å². The maximum absolute atomic E-state index is 13.7. The number of aromatic nitrogens is 2. The second-order valence-corrected chi connectivity index (χ2v) is 6.42. The first-order chi connectivity index (χ1) is 13.2. The van der Waals surface area contributed by atoms with Gasteiger partial charge in [-0.15, -0.1) is 0 Å². The summed E-state index contributed by atoms with van der Waals surface area (Å²) in [4.78, 5) is 12.0. The predicted octanol–water partition coefficient (Wildman–Crippen LogP) is 5.08. The molecule has 0 spiro atoms. The number of carbonyl (C=O) groups excluding carboxylic acids is 1. The summed E-state index contributed by atoms with van der Waals surface area (Å²) in [5.41, 5.74) is 0.103. The van der Waals surface area contributed by atoms with Gasteiger partial charge >= 0.3 is 5.92 Å². The van der Waals surface area contributed by atoms with Crippen LogP contribution in [0.15, 0.2) is 53.1 Å². The van der Waals surface area contributed by atoms with Gasteiger partial charge in [0.1, 0.15) is 11.6 Å². The Labute approximate surface area is 163 Å². The van der Waals surface area contributed by atoms with Crippen LogP contribution in [0.3, 0.4) is 0 Å². The van der Waals surface area contributed by atoms with Crippen LogP contribution in [-0.4, -0.2) is 15.7 Å². The van der Waals surface area contributed by atoms with Crippen LogP contribution in [0.4, 0.5) is 19.0 Å². The number of hydrogen-bond donors (Lipinski definition) is 1. The molecule has 0 radical (unpaired) electrons. The second kappa shape index (κ2) is 7.93. The topological polar surface area (TPSA) is 60.1 Å². The maximum Gasteiger partial charge on any atom is 0.301 e. The Balaban J connectivity index is 1.62. The first-order valence-electron chi connectivity index (χ1n) is 8.16. The minimum Gasteiger partial charge on any atom is -0.458 e. The average Bonchev–Trinajstić information content (AvgIpc) is 3.24. The summed E-state index contributed by atoms with van der Waals surface area (Å²) in [6.45, 7) is 0.867. The average molecular weight is 410 g/mol. The number of nitrogens with zero attached hydrogens (tertiary/aromatic N) is 2. The third kappa shape index (κ3) is 4.83. The van der Waals surface area contributed by atoms with Crippen LogP contribution in [0.5, 0.6) is 0 Å². The zero-order chi connectivity index (χ0) is 20.3. The van der Waals surface area contributed by atoms with Gasteiger partial charge in [0.2, 0.25) is 5.91 Å². The molecule has 3 rings (SSSR count).